The second-order valence-corrected chi connectivity index (χ2v) is 5.44. The van der Waals surface area contributed by atoms with Gasteiger partial charge in [0.1, 0.15) is 18.5 Å². The Morgan fingerprint density at radius 2 is 1.85 bits per heavy atom. The molecule has 1 aromatic carbocycles. The fraction of sp³-hybridized carbons (Fsp3) is 0.556. The summed E-state index contributed by atoms with van der Waals surface area (Å²) in [6.07, 6.45) is 0.544. The molecular weight excluding hydrogens is 362 g/mol. The van der Waals surface area contributed by atoms with Crippen molar-refractivity contribution in [1.82, 2.24) is 5.32 Å². The fourth-order valence-corrected chi connectivity index (χ4v) is 2.04. The largest absolute Gasteiger partial charge is 0.491 e. The summed E-state index contributed by atoms with van der Waals surface area (Å²) in [6.45, 7) is 3.06. The van der Waals surface area contributed by atoms with Crippen LogP contribution in [0.2, 0.25) is 0 Å². The molecule has 0 amide bonds. The van der Waals surface area contributed by atoms with Crippen LogP contribution in [0.5, 0.6) is 5.75 Å². The van der Waals surface area contributed by atoms with E-state index in [0.29, 0.717) is 38.3 Å². The van der Waals surface area contributed by atoms with Crippen molar-refractivity contribution >= 4 is 24.3 Å². The minimum atomic E-state index is -0.679. The van der Waals surface area contributed by atoms with Crippen molar-refractivity contribution in [3.05, 3.63) is 29.8 Å². The van der Waals surface area contributed by atoms with Crippen molar-refractivity contribution in [1.29, 1.82) is 0 Å². The minimum Gasteiger partial charge on any atom is -0.491 e. The van der Waals surface area contributed by atoms with E-state index in [1.54, 1.807) is 19.1 Å². The third kappa shape index (κ3) is 10.9. The molecule has 26 heavy (non-hydrogen) atoms. The first-order valence-electron chi connectivity index (χ1n) is 8.38. The highest BCUT2D eigenvalue weighted by molar-refractivity contribution is 5.85. The number of aryl methyl sites for hydroxylation is 1. The molecule has 0 aromatic heterocycles. The molecule has 2 N–H and O–H groups in total. The molecule has 148 valence electrons. The van der Waals surface area contributed by atoms with Crippen LogP contribution in [0.4, 0.5) is 0 Å². The fourth-order valence-electron chi connectivity index (χ4n) is 2.04. The Hall–Kier alpha value is -1.83. The molecule has 0 aliphatic carbocycles. The Kier molecular flexibility index (Phi) is 13.3. The van der Waals surface area contributed by atoms with E-state index < -0.39 is 6.10 Å². The first-order chi connectivity index (χ1) is 12.0. The summed E-state index contributed by atoms with van der Waals surface area (Å²) >= 11 is 0. The number of rotatable bonds is 12. The Balaban J connectivity index is 0.00000625. The highest BCUT2D eigenvalue weighted by Crippen LogP contribution is 2.13. The lowest BCUT2D eigenvalue weighted by Crippen LogP contribution is -2.32. The van der Waals surface area contributed by atoms with E-state index >= 15 is 0 Å². The van der Waals surface area contributed by atoms with Gasteiger partial charge in [-0.15, -0.1) is 12.4 Å². The van der Waals surface area contributed by atoms with E-state index in [9.17, 15) is 14.7 Å². The van der Waals surface area contributed by atoms with Crippen molar-refractivity contribution in [3.8, 4) is 5.75 Å². The lowest BCUT2D eigenvalue weighted by molar-refractivity contribution is -0.143. The monoisotopic (exact) mass is 389 g/mol. The molecule has 1 aromatic rings. The van der Waals surface area contributed by atoms with E-state index in [4.69, 9.17) is 9.47 Å². The maximum Gasteiger partial charge on any atom is 0.307 e. The smallest absolute Gasteiger partial charge is 0.307 e. The van der Waals surface area contributed by atoms with Crippen molar-refractivity contribution in [2.45, 2.75) is 32.3 Å². The van der Waals surface area contributed by atoms with Crippen LogP contribution in [-0.2, 0) is 25.5 Å². The van der Waals surface area contributed by atoms with Crippen molar-refractivity contribution in [3.63, 3.8) is 0 Å². The number of aliphatic hydroxyl groups is 1. The molecule has 0 aliphatic rings. The van der Waals surface area contributed by atoms with Crippen LogP contribution >= 0.6 is 12.4 Å². The van der Waals surface area contributed by atoms with E-state index in [1.807, 2.05) is 12.1 Å². The summed E-state index contributed by atoms with van der Waals surface area (Å²) in [5.41, 5.74) is 1.01. The summed E-state index contributed by atoms with van der Waals surface area (Å²) in [4.78, 5) is 22.3. The van der Waals surface area contributed by atoms with Gasteiger partial charge in [0.2, 0.25) is 0 Å². The predicted molar refractivity (Wildman–Crippen MR) is 99.6 cm³/mol. The summed E-state index contributed by atoms with van der Waals surface area (Å²) in [5.74, 6) is 0.152. The molecule has 0 saturated heterocycles. The number of esters is 2. The number of methoxy groups -OCH3 is 1. The number of carbonyl (C=O) groups is 2. The molecule has 0 saturated carbocycles. The van der Waals surface area contributed by atoms with Gasteiger partial charge in [0.25, 0.3) is 0 Å². The Labute approximate surface area is 160 Å². The number of benzene rings is 1. The SMILES string of the molecule is CCOC(=O)CCNCC(O)COc1ccc(CCC(=O)OC)cc1.Cl. The highest BCUT2D eigenvalue weighted by atomic mass is 35.5. The number of aliphatic hydroxyl groups excluding tert-OH is 1. The molecule has 0 aliphatic heterocycles. The van der Waals surface area contributed by atoms with Gasteiger partial charge >= 0.3 is 11.9 Å². The molecule has 7 nitrogen and oxygen atoms in total. The summed E-state index contributed by atoms with van der Waals surface area (Å²) in [6, 6.07) is 7.35. The van der Waals surface area contributed by atoms with E-state index in [0.717, 1.165) is 5.56 Å². The number of nitrogens with one attached hydrogen (secondary N) is 1. The van der Waals surface area contributed by atoms with Crippen LogP contribution in [0.25, 0.3) is 0 Å². The van der Waals surface area contributed by atoms with Gasteiger partial charge in [0, 0.05) is 19.5 Å². The van der Waals surface area contributed by atoms with Crippen LogP contribution in [-0.4, -0.2) is 56.6 Å². The first-order valence-corrected chi connectivity index (χ1v) is 8.38. The first kappa shape index (κ1) is 24.2. The topological polar surface area (TPSA) is 94.1 Å². The van der Waals surface area contributed by atoms with Gasteiger partial charge in [0.15, 0.2) is 0 Å². The third-order valence-electron chi connectivity index (χ3n) is 3.40. The average Bonchev–Trinajstić information content (AvgIpc) is 2.62. The number of carbonyl (C=O) groups excluding carboxylic acids is 2. The number of halogens is 1. The second kappa shape index (κ2) is 14.4. The van der Waals surface area contributed by atoms with Crippen molar-refractivity contribution in [2.75, 3.05) is 33.4 Å². The zero-order chi connectivity index (χ0) is 18.5. The van der Waals surface area contributed by atoms with Gasteiger partial charge in [-0.3, -0.25) is 9.59 Å². The lowest BCUT2D eigenvalue weighted by atomic mass is 10.1. The molecule has 1 unspecified atom stereocenters. The molecule has 0 radical (unpaired) electrons. The minimum absolute atomic E-state index is 0. The molecule has 0 heterocycles. The van der Waals surface area contributed by atoms with Gasteiger partial charge in [-0.25, -0.2) is 0 Å². The molecule has 0 bridgehead atoms. The highest BCUT2D eigenvalue weighted by Gasteiger charge is 2.07. The van der Waals surface area contributed by atoms with E-state index in [-0.39, 0.29) is 37.4 Å². The molecule has 1 atom stereocenters. The van der Waals surface area contributed by atoms with Crippen LogP contribution in [0, 0.1) is 0 Å². The third-order valence-corrected chi connectivity index (χ3v) is 3.40. The van der Waals surface area contributed by atoms with Gasteiger partial charge in [-0.05, 0) is 31.0 Å². The van der Waals surface area contributed by atoms with Crippen LogP contribution < -0.4 is 10.1 Å². The summed E-state index contributed by atoms with van der Waals surface area (Å²) < 4.78 is 14.9. The maximum atomic E-state index is 11.2. The molecular formula is C18H28ClNO6. The Morgan fingerprint density at radius 1 is 1.15 bits per heavy atom. The van der Waals surface area contributed by atoms with Gasteiger partial charge in [-0.2, -0.15) is 0 Å². The zero-order valence-corrected chi connectivity index (χ0v) is 16.0. The molecule has 0 fully saturated rings. The average molecular weight is 390 g/mol. The number of ether oxygens (including phenoxy) is 3. The maximum absolute atomic E-state index is 11.2. The van der Waals surface area contributed by atoms with Crippen LogP contribution in [0.3, 0.4) is 0 Å². The van der Waals surface area contributed by atoms with E-state index in [1.165, 1.54) is 7.11 Å². The zero-order valence-electron chi connectivity index (χ0n) is 15.2. The quantitative estimate of drug-likeness (QED) is 0.413. The standard InChI is InChI=1S/C18H27NO6.ClH/c1-3-24-18(22)10-11-19-12-15(20)13-25-16-7-4-14(5-8-16)6-9-17(21)23-2;/h4-5,7-8,15,19-20H,3,6,9-13H2,1-2H3;1H. The lowest BCUT2D eigenvalue weighted by Gasteiger charge is -2.13. The second-order valence-electron chi connectivity index (χ2n) is 5.44. The summed E-state index contributed by atoms with van der Waals surface area (Å²) in [5, 5.41) is 12.8. The van der Waals surface area contributed by atoms with E-state index in [2.05, 4.69) is 10.1 Å². The van der Waals surface area contributed by atoms with Crippen LogP contribution in [0.1, 0.15) is 25.3 Å². The Bertz CT molecular complexity index is 523. The molecule has 1 rings (SSSR count). The van der Waals surface area contributed by atoms with Gasteiger partial charge in [0.05, 0.1) is 20.1 Å². The molecule has 8 heteroatoms. The van der Waals surface area contributed by atoms with Crippen LogP contribution in [0.15, 0.2) is 24.3 Å². The Morgan fingerprint density at radius 3 is 2.46 bits per heavy atom. The summed E-state index contributed by atoms with van der Waals surface area (Å²) in [7, 11) is 1.37. The number of hydrogen-bond acceptors (Lipinski definition) is 7. The van der Waals surface area contributed by atoms with Gasteiger partial charge in [-0.1, -0.05) is 12.1 Å². The normalized spacial score (nSPS) is 11.2. The van der Waals surface area contributed by atoms with Crippen molar-refractivity contribution < 1.29 is 28.9 Å². The predicted octanol–water partition coefficient (Wildman–Crippen LogP) is 1.50. The van der Waals surface area contributed by atoms with Crippen molar-refractivity contribution in [2.24, 2.45) is 0 Å². The number of hydrogen-bond donors (Lipinski definition) is 2. The molecule has 0 spiro atoms. The van der Waals surface area contributed by atoms with Gasteiger partial charge < -0.3 is 24.6 Å².